The van der Waals surface area contributed by atoms with Crippen molar-refractivity contribution in [2.24, 2.45) is 5.92 Å². The zero-order chi connectivity index (χ0) is 18.0. The third-order valence-electron chi connectivity index (χ3n) is 6.56. The van der Waals surface area contributed by atoms with Gasteiger partial charge in [-0.1, -0.05) is 29.8 Å². The molecular weight excluding hydrogens is 348 g/mol. The molecule has 3 aliphatic rings. The van der Waals surface area contributed by atoms with Crippen molar-refractivity contribution in [3.05, 3.63) is 34.9 Å². The number of rotatable bonds is 5. The lowest BCUT2D eigenvalue weighted by atomic mass is 9.74. The molecule has 3 heterocycles. The van der Waals surface area contributed by atoms with Gasteiger partial charge in [-0.15, -0.1) is 0 Å². The molecule has 142 valence electrons. The van der Waals surface area contributed by atoms with Crippen LogP contribution in [0.15, 0.2) is 24.3 Å². The molecule has 1 amide bonds. The van der Waals surface area contributed by atoms with E-state index in [-0.39, 0.29) is 11.3 Å². The van der Waals surface area contributed by atoms with Gasteiger partial charge < -0.3 is 15.4 Å². The van der Waals surface area contributed by atoms with Gasteiger partial charge in [0, 0.05) is 48.7 Å². The summed E-state index contributed by atoms with van der Waals surface area (Å²) in [5.74, 6) is 0.717. The smallest absolute Gasteiger partial charge is 0.220 e. The van der Waals surface area contributed by atoms with Crippen molar-refractivity contribution in [2.75, 3.05) is 19.8 Å². The minimum absolute atomic E-state index is 0.112. The summed E-state index contributed by atoms with van der Waals surface area (Å²) in [6.07, 6.45) is 7.30. The Kier molecular flexibility index (Phi) is 5.53. The molecule has 0 spiro atoms. The van der Waals surface area contributed by atoms with Gasteiger partial charge in [-0.25, -0.2) is 0 Å². The van der Waals surface area contributed by atoms with Gasteiger partial charge in [0.2, 0.25) is 5.91 Å². The monoisotopic (exact) mass is 376 g/mol. The van der Waals surface area contributed by atoms with Gasteiger partial charge in [-0.2, -0.15) is 0 Å². The molecular formula is C21H29ClN2O2. The van der Waals surface area contributed by atoms with E-state index in [0.717, 1.165) is 49.5 Å². The Balaban J connectivity index is 1.39. The van der Waals surface area contributed by atoms with Crippen molar-refractivity contribution < 1.29 is 9.53 Å². The number of hydrogen-bond donors (Lipinski definition) is 2. The first-order valence-corrected chi connectivity index (χ1v) is 10.4. The molecule has 4 rings (SSSR count). The van der Waals surface area contributed by atoms with Crippen LogP contribution < -0.4 is 10.6 Å². The minimum Gasteiger partial charge on any atom is -0.381 e. The highest BCUT2D eigenvalue weighted by molar-refractivity contribution is 6.31. The number of fused-ring (bicyclic) bond motifs is 2. The van der Waals surface area contributed by atoms with Crippen LogP contribution in [-0.2, 0) is 14.9 Å². The Bertz CT molecular complexity index is 633. The van der Waals surface area contributed by atoms with Crippen LogP contribution in [0.2, 0.25) is 5.02 Å². The van der Waals surface area contributed by atoms with Gasteiger partial charge in [-0.3, -0.25) is 4.79 Å². The molecule has 1 aromatic carbocycles. The molecule has 5 heteroatoms. The van der Waals surface area contributed by atoms with Crippen molar-refractivity contribution in [3.8, 4) is 0 Å². The second-order valence-corrected chi connectivity index (χ2v) is 8.74. The van der Waals surface area contributed by atoms with Crippen LogP contribution in [0, 0.1) is 5.92 Å². The molecule has 3 saturated heterocycles. The van der Waals surface area contributed by atoms with Gasteiger partial charge in [0.1, 0.15) is 0 Å². The summed E-state index contributed by atoms with van der Waals surface area (Å²) in [6.45, 7) is 2.09. The Hall–Kier alpha value is -1.10. The third kappa shape index (κ3) is 3.92. The Morgan fingerprint density at radius 1 is 1.19 bits per heavy atom. The molecule has 1 aromatic rings. The van der Waals surface area contributed by atoms with Gasteiger partial charge in [0.15, 0.2) is 0 Å². The second kappa shape index (κ2) is 7.87. The SMILES string of the molecule is O=C(CC1CC2CCC(C1)N2)NCC1(c2ccccc2Cl)CCOCC1. The van der Waals surface area contributed by atoms with E-state index in [4.69, 9.17) is 16.3 Å². The second-order valence-electron chi connectivity index (χ2n) is 8.33. The zero-order valence-electron chi connectivity index (χ0n) is 15.3. The van der Waals surface area contributed by atoms with E-state index in [9.17, 15) is 4.79 Å². The Morgan fingerprint density at radius 3 is 2.58 bits per heavy atom. The van der Waals surface area contributed by atoms with Crippen molar-refractivity contribution >= 4 is 17.5 Å². The number of nitrogens with one attached hydrogen (secondary N) is 2. The minimum atomic E-state index is -0.112. The lowest BCUT2D eigenvalue weighted by Crippen LogP contribution is -2.45. The number of ether oxygens (including phenoxy) is 1. The van der Waals surface area contributed by atoms with E-state index < -0.39 is 0 Å². The van der Waals surface area contributed by atoms with E-state index in [2.05, 4.69) is 16.7 Å². The molecule has 2 N–H and O–H groups in total. The fourth-order valence-corrected chi connectivity index (χ4v) is 5.47. The summed E-state index contributed by atoms with van der Waals surface area (Å²) in [7, 11) is 0. The average molecular weight is 377 g/mol. The number of halogens is 1. The average Bonchev–Trinajstić information content (AvgIpc) is 2.99. The summed E-state index contributed by atoms with van der Waals surface area (Å²) in [5, 5.41) is 7.68. The first kappa shape index (κ1) is 18.3. The van der Waals surface area contributed by atoms with Gasteiger partial charge in [0.05, 0.1) is 0 Å². The maximum Gasteiger partial charge on any atom is 0.220 e. The number of piperidine rings is 1. The van der Waals surface area contributed by atoms with Crippen LogP contribution in [0.5, 0.6) is 0 Å². The standard InChI is InChI=1S/C21H29ClN2O2/c22-19-4-2-1-3-18(19)21(7-9-26-10-8-21)14-23-20(25)13-15-11-16-5-6-17(12-15)24-16/h1-4,15-17,24H,5-14H2,(H,23,25). The summed E-state index contributed by atoms with van der Waals surface area (Å²) in [4.78, 5) is 12.7. The lowest BCUT2D eigenvalue weighted by Gasteiger charge is -2.38. The van der Waals surface area contributed by atoms with Crippen LogP contribution in [0.3, 0.4) is 0 Å². The fourth-order valence-electron chi connectivity index (χ4n) is 5.14. The molecule has 2 unspecified atom stereocenters. The number of hydrogen-bond acceptors (Lipinski definition) is 3. The summed E-state index contributed by atoms with van der Waals surface area (Å²) in [5.41, 5.74) is 1.03. The van der Waals surface area contributed by atoms with Crippen LogP contribution >= 0.6 is 11.6 Å². The molecule has 26 heavy (non-hydrogen) atoms. The number of amides is 1. The van der Waals surface area contributed by atoms with E-state index in [1.54, 1.807) is 0 Å². The quantitative estimate of drug-likeness (QED) is 0.827. The van der Waals surface area contributed by atoms with E-state index in [0.29, 0.717) is 31.0 Å². The van der Waals surface area contributed by atoms with Crippen molar-refractivity contribution in [1.82, 2.24) is 10.6 Å². The Labute approximate surface area is 161 Å². The molecule has 4 nitrogen and oxygen atoms in total. The largest absolute Gasteiger partial charge is 0.381 e. The first-order chi connectivity index (χ1) is 12.6. The summed E-state index contributed by atoms with van der Waals surface area (Å²) in [6, 6.07) is 9.31. The maximum atomic E-state index is 12.7. The highest BCUT2D eigenvalue weighted by Crippen LogP contribution is 2.38. The summed E-state index contributed by atoms with van der Waals surface area (Å²) < 4.78 is 5.58. The van der Waals surface area contributed by atoms with Crippen molar-refractivity contribution in [3.63, 3.8) is 0 Å². The summed E-state index contributed by atoms with van der Waals surface area (Å²) >= 11 is 6.50. The maximum absolute atomic E-state index is 12.7. The molecule has 2 bridgehead atoms. The van der Waals surface area contributed by atoms with Gasteiger partial charge in [-0.05, 0) is 56.1 Å². The third-order valence-corrected chi connectivity index (χ3v) is 6.89. The van der Waals surface area contributed by atoms with Gasteiger partial charge in [0.25, 0.3) is 0 Å². The van der Waals surface area contributed by atoms with E-state index in [1.807, 2.05) is 18.2 Å². The van der Waals surface area contributed by atoms with E-state index >= 15 is 0 Å². The molecule has 3 fully saturated rings. The molecule has 2 atom stereocenters. The van der Waals surface area contributed by atoms with Crippen LogP contribution in [-0.4, -0.2) is 37.7 Å². The molecule has 0 aliphatic carbocycles. The normalized spacial score (nSPS) is 30.1. The number of carbonyl (C=O) groups is 1. The van der Waals surface area contributed by atoms with Crippen LogP contribution in [0.25, 0.3) is 0 Å². The molecule has 0 aromatic heterocycles. The predicted octanol–water partition coefficient (Wildman–Crippen LogP) is 3.43. The van der Waals surface area contributed by atoms with Crippen molar-refractivity contribution in [1.29, 1.82) is 0 Å². The van der Waals surface area contributed by atoms with Crippen LogP contribution in [0.1, 0.15) is 50.5 Å². The van der Waals surface area contributed by atoms with Crippen molar-refractivity contribution in [2.45, 2.75) is 62.4 Å². The first-order valence-electron chi connectivity index (χ1n) is 10.0. The topological polar surface area (TPSA) is 50.4 Å². The number of benzene rings is 1. The zero-order valence-corrected chi connectivity index (χ0v) is 16.1. The fraction of sp³-hybridized carbons (Fsp3) is 0.667. The molecule has 0 saturated carbocycles. The van der Waals surface area contributed by atoms with Gasteiger partial charge >= 0.3 is 0 Å². The molecule has 0 radical (unpaired) electrons. The Morgan fingerprint density at radius 2 is 1.88 bits per heavy atom. The number of carbonyl (C=O) groups excluding carboxylic acids is 1. The predicted molar refractivity (Wildman–Crippen MR) is 103 cm³/mol. The lowest BCUT2D eigenvalue weighted by molar-refractivity contribution is -0.122. The van der Waals surface area contributed by atoms with Crippen LogP contribution in [0.4, 0.5) is 0 Å². The van der Waals surface area contributed by atoms with E-state index in [1.165, 1.54) is 12.8 Å². The highest BCUT2D eigenvalue weighted by atomic mass is 35.5. The highest BCUT2D eigenvalue weighted by Gasteiger charge is 2.37. The molecule has 3 aliphatic heterocycles.